The lowest BCUT2D eigenvalue weighted by Crippen LogP contribution is -2.46. The highest BCUT2D eigenvalue weighted by molar-refractivity contribution is 6.30. The number of anilines is 1. The monoisotopic (exact) mass is 281 g/mol. The van der Waals surface area contributed by atoms with E-state index in [1.807, 2.05) is 19.2 Å². The number of rotatable bonds is 3. The molecule has 102 valence electrons. The number of aromatic nitrogens is 3. The molecule has 1 saturated heterocycles. The Hall–Kier alpha value is -1.37. The fourth-order valence-electron chi connectivity index (χ4n) is 2.23. The van der Waals surface area contributed by atoms with Gasteiger partial charge in [0.05, 0.1) is 17.7 Å². The molecule has 3 heterocycles. The Kier molecular flexibility index (Phi) is 3.54. The van der Waals surface area contributed by atoms with Crippen LogP contribution in [-0.4, -0.2) is 54.0 Å². The van der Waals surface area contributed by atoms with E-state index in [0.29, 0.717) is 11.6 Å². The maximum Gasteiger partial charge on any atom is 0.245 e. The van der Waals surface area contributed by atoms with Gasteiger partial charge in [0.25, 0.3) is 0 Å². The molecule has 1 N–H and O–H groups in total. The fourth-order valence-corrected chi connectivity index (χ4v) is 2.39. The van der Waals surface area contributed by atoms with Crippen molar-refractivity contribution in [1.82, 2.24) is 19.9 Å². The quantitative estimate of drug-likeness (QED) is 0.902. The zero-order chi connectivity index (χ0) is 13.2. The molecular weight excluding hydrogens is 266 g/mol. The van der Waals surface area contributed by atoms with Gasteiger partial charge in [-0.15, -0.1) is 5.10 Å². The van der Waals surface area contributed by atoms with Crippen molar-refractivity contribution in [1.29, 1.82) is 0 Å². The average Bonchev–Trinajstić information content (AvgIpc) is 2.82. The summed E-state index contributed by atoms with van der Waals surface area (Å²) >= 11 is 5.95. The molecular formula is C12H16ClN5O. The second-order valence-corrected chi connectivity index (χ2v) is 4.99. The molecule has 2 aromatic rings. The van der Waals surface area contributed by atoms with Gasteiger partial charge in [-0.05, 0) is 19.2 Å². The van der Waals surface area contributed by atoms with E-state index in [2.05, 4.69) is 20.3 Å². The molecule has 0 amide bonds. The summed E-state index contributed by atoms with van der Waals surface area (Å²) in [6.07, 6.45) is 1.94. The number of hydrogen-bond acceptors (Lipinski definition) is 5. The molecule has 6 nitrogen and oxygen atoms in total. The first kappa shape index (κ1) is 12.7. The van der Waals surface area contributed by atoms with E-state index in [-0.39, 0.29) is 6.10 Å². The Morgan fingerprint density at radius 3 is 3.26 bits per heavy atom. The number of pyridine rings is 1. The highest BCUT2D eigenvalue weighted by Crippen LogP contribution is 2.16. The van der Waals surface area contributed by atoms with E-state index < -0.39 is 0 Å². The highest BCUT2D eigenvalue weighted by Gasteiger charge is 2.22. The lowest BCUT2D eigenvalue weighted by Gasteiger charge is -2.31. The van der Waals surface area contributed by atoms with E-state index in [0.717, 1.165) is 31.2 Å². The van der Waals surface area contributed by atoms with Crippen molar-refractivity contribution in [2.75, 3.05) is 38.2 Å². The van der Waals surface area contributed by atoms with Gasteiger partial charge in [0, 0.05) is 25.8 Å². The zero-order valence-electron chi connectivity index (χ0n) is 10.7. The lowest BCUT2D eigenvalue weighted by molar-refractivity contribution is 0.0416. The maximum atomic E-state index is 5.95. The first-order valence-electron chi connectivity index (χ1n) is 6.29. The van der Waals surface area contributed by atoms with Crippen molar-refractivity contribution >= 4 is 23.2 Å². The molecule has 3 rings (SSSR count). The van der Waals surface area contributed by atoms with Gasteiger partial charge in [0.2, 0.25) is 5.95 Å². The number of hydrogen-bond donors (Lipinski definition) is 1. The van der Waals surface area contributed by atoms with Crippen LogP contribution in [0.25, 0.3) is 5.65 Å². The number of nitrogens with zero attached hydrogens (tertiary/aromatic N) is 4. The Morgan fingerprint density at radius 2 is 2.42 bits per heavy atom. The smallest absolute Gasteiger partial charge is 0.245 e. The summed E-state index contributed by atoms with van der Waals surface area (Å²) in [5.74, 6) is 0.728. The minimum atomic E-state index is 0.175. The van der Waals surface area contributed by atoms with Gasteiger partial charge in [-0.2, -0.15) is 4.98 Å². The molecule has 2 aromatic heterocycles. The third-order valence-corrected chi connectivity index (χ3v) is 3.36. The van der Waals surface area contributed by atoms with Crippen molar-refractivity contribution in [2.24, 2.45) is 0 Å². The number of fused-ring (bicyclic) bond motifs is 1. The second-order valence-electron chi connectivity index (χ2n) is 4.56. The molecule has 1 fully saturated rings. The third kappa shape index (κ3) is 2.65. The summed E-state index contributed by atoms with van der Waals surface area (Å²) in [7, 11) is 1.92. The summed E-state index contributed by atoms with van der Waals surface area (Å²) in [6.45, 7) is 3.13. The second kappa shape index (κ2) is 5.32. The van der Waals surface area contributed by atoms with Crippen LogP contribution in [0.3, 0.4) is 0 Å². The number of ether oxygens (including phenoxy) is 1. The van der Waals surface area contributed by atoms with Gasteiger partial charge < -0.3 is 15.0 Å². The van der Waals surface area contributed by atoms with Crippen LogP contribution in [0.1, 0.15) is 0 Å². The van der Waals surface area contributed by atoms with Gasteiger partial charge in [-0.25, -0.2) is 4.52 Å². The molecule has 0 spiro atoms. The van der Waals surface area contributed by atoms with Crippen LogP contribution in [0, 0.1) is 0 Å². The minimum Gasteiger partial charge on any atom is -0.373 e. The minimum absolute atomic E-state index is 0.175. The van der Waals surface area contributed by atoms with Crippen LogP contribution < -0.4 is 10.2 Å². The van der Waals surface area contributed by atoms with Crippen molar-refractivity contribution < 1.29 is 4.74 Å². The first-order chi connectivity index (χ1) is 9.26. The van der Waals surface area contributed by atoms with E-state index in [1.54, 1.807) is 10.7 Å². The van der Waals surface area contributed by atoms with Gasteiger partial charge in [0.15, 0.2) is 5.65 Å². The van der Waals surface area contributed by atoms with Crippen LogP contribution in [0.2, 0.25) is 5.02 Å². The molecule has 19 heavy (non-hydrogen) atoms. The zero-order valence-corrected chi connectivity index (χ0v) is 11.5. The summed E-state index contributed by atoms with van der Waals surface area (Å²) in [6, 6.07) is 3.68. The largest absolute Gasteiger partial charge is 0.373 e. The van der Waals surface area contributed by atoms with Crippen LogP contribution in [0.5, 0.6) is 0 Å². The van der Waals surface area contributed by atoms with Crippen LogP contribution in [-0.2, 0) is 4.74 Å². The molecule has 1 atom stereocenters. The lowest BCUT2D eigenvalue weighted by atomic mass is 10.3. The third-order valence-electron chi connectivity index (χ3n) is 3.14. The van der Waals surface area contributed by atoms with Gasteiger partial charge >= 0.3 is 0 Å². The normalized spacial score (nSPS) is 20.1. The Bertz CT molecular complexity index is 570. The van der Waals surface area contributed by atoms with Crippen LogP contribution in [0.4, 0.5) is 5.95 Å². The number of nitrogens with one attached hydrogen (secondary N) is 1. The maximum absolute atomic E-state index is 5.95. The summed E-state index contributed by atoms with van der Waals surface area (Å²) < 4.78 is 7.38. The molecule has 0 saturated carbocycles. The fraction of sp³-hybridized carbons (Fsp3) is 0.500. The first-order valence-corrected chi connectivity index (χ1v) is 6.67. The van der Waals surface area contributed by atoms with Crippen LogP contribution in [0.15, 0.2) is 18.3 Å². The van der Waals surface area contributed by atoms with E-state index >= 15 is 0 Å². The number of morpholine rings is 1. The molecule has 1 aliphatic heterocycles. The molecule has 7 heteroatoms. The van der Waals surface area contributed by atoms with Crippen LogP contribution >= 0.6 is 11.6 Å². The van der Waals surface area contributed by atoms with Crippen molar-refractivity contribution in [2.45, 2.75) is 6.10 Å². The van der Waals surface area contributed by atoms with Gasteiger partial charge in [-0.1, -0.05) is 11.6 Å². The van der Waals surface area contributed by atoms with Gasteiger partial charge in [0.1, 0.15) is 0 Å². The summed E-state index contributed by atoms with van der Waals surface area (Å²) in [5.41, 5.74) is 0.802. The molecule has 1 unspecified atom stereocenters. The highest BCUT2D eigenvalue weighted by atomic mass is 35.5. The number of halogens is 1. The van der Waals surface area contributed by atoms with E-state index in [9.17, 15) is 0 Å². The predicted molar refractivity (Wildman–Crippen MR) is 73.9 cm³/mol. The SMILES string of the molecule is CNCC1CN(c2nc3ccc(Cl)cn3n2)CCO1. The van der Waals surface area contributed by atoms with E-state index in [4.69, 9.17) is 16.3 Å². The summed E-state index contributed by atoms with van der Waals surface area (Å²) in [4.78, 5) is 6.66. The van der Waals surface area contributed by atoms with Crippen molar-refractivity contribution in [3.05, 3.63) is 23.4 Å². The standard InChI is InChI=1S/C12H16ClN5O/c1-14-6-10-8-17(4-5-19-10)12-15-11-3-2-9(13)7-18(11)16-12/h2-3,7,10,14H,4-6,8H2,1H3. The predicted octanol–water partition coefficient (Wildman–Crippen LogP) is 0.807. The Labute approximate surface area is 116 Å². The Balaban J connectivity index is 1.83. The molecule has 1 aliphatic rings. The molecule has 0 aliphatic carbocycles. The summed E-state index contributed by atoms with van der Waals surface area (Å²) in [5, 5.41) is 8.24. The average molecular weight is 282 g/mol. The van der Waals surface area contributed by atoms with Gasteiger partial charge in [-0.3, -0.25) is 0 Å². The van der Waals surface area contributed by atoms with Crippen molar-refractivity contribution in [3.8, 4) is 0 Å². The Morgan fingerprint density at radius 1 is 1.53 bits per heavy atom. The molecule has 0 aromatic carbocycles. The van der Waals surface area contributed by atoms with E-state index in [1.165, 1.54) is 0 Å². The van der Waals surface area contributed by atoms with Crippen molar-refractivity contribution in [3.63, 3.8) is 0 Å². The topological polar surface area (TPSA) is 54.7 Å². The number of likely N-dealkylation sites (N-methyl/N-ethyl adjacent to an activating group) is 1. The molecule has 0 radical (unpaired) electrons. The molecule has 0 bridgehead atoms.